The standard InChI is InChI=1S/C15H18ClNO4/c16-7-14(19)13-6-12(18)8-17(13)9-15(20)21-10-11-4-2-1-3-5-11/h1-5,12-13,18H,6-10H2/t12-,13-/m1/s1. The van der Waals surface area contributed by atoms with Crippen LogP contribution >= 0.6 is 11.6 Å². The molecule has 0 saturated carbocycles. The Morgan fingerprint density at radius 2 is 2.05 bits per heavy atom. The Morgan fingerprint density at radius 1 is 1.33 bits per heavy atom. The number of benzene rings is 1. The van der Waals surface area contributed by atoms with Crippen LogP contribution in [-0.2, 0) is 20.9 Å². The second-order valence-corrected chi connectivity index (χ2v) is 5.35. The molecule has 0 bridgehead atoms. The predicted molar refractivity (Wildman–Crippen MR) is 77.9 cm³/mol. The number of rotatable bonds is 6. The molecule has 0 amide bonds. The summed E-state index contributed by atoms with van der Waals surface area (Å²) in [6, 6.07) is 8.87. The predicted octanol–water partition coefficient (Wildman–Crippen LogP) is 0.973. The van der Waals surface area contributed by atoms with Gasteiger partial charge in [-0.3, -0.25) is 14.5 Å². The SMILES string of the molecule is O=C(CN1C[C@H](O)C[C@@H]1C(=O)CCl)OCc1ccccc1. The van der Waals surface area contributed by atoms with E-state index in [2.05, 4.69) is 0 Å². The van der Waals surface area contributed by atoms with Crippen LogP contribution in [0.5, 0.6) is 0 Å². The van der Waals surface area contributed by atoms with Crippen LogP contribution in [0, 0.1) is 0 Å². The van der Waals surface area contributed by atoms with Crippen LogP contribution < -0.4 is 0 Å². The molecule has 1 aromatic carbocycles. The minimum Gasteiger partial charge on any atom is -0.460 e. The number of hydrogen-bond donors (Lipinski definition) is 1. The highest BCUT2D eigenvalue weighted by molar-refractivity contribution is 6.28. The van der Waals surface area contributed by atoms with Crippen LogP contribution in [0.1, 0.15) is 12.0 Å². The van der Waals surface area contributed by atoms with Gasteiger partial charge in [-0.05, 0) is 12.0 Å². The first-order chi connectivity index (χ1) is 10.1. The topological polar surface area (TPSA) is 66.8 Å². The number of ketones is 1. The number of halogens is 1. The number of β-amino-alcohol motifs (C(OH)–C–C–N with tert-alkyl or cyclic N) is 1. The number of hydrogen-bond acceptors (Lipinski definition) is 5. The Hall–Kier alpha value is -1.43. The van der Waals surface area contributed by atoms with Crippen molar-refractivity contribution in [1.29, 1.82) is 0 Å². The van der Waals surface area contributed by atoms with E-state index < -0.39 is 18.1 Å². The molecule has 0 unspecified atom stereocenters. The van der Waals surface area contributed by atoms with E-state index in [-0.39, 0.29) is 31.4 Å². The average molecular weight is 312 g/mol. The Balaban J connectivity index is 1.85. The molecule has 1 aliphatic heterocycles. The summed E-state index contributed by atoms with van der Waals surface area (Å²) < 4.78 is 5.18. The zero-order valence-electron chi connectivity index (χ0n) is 11.6. The summed E-state index contributed by atoms with van der Waals surface area (Å²) in [6.07, 6.45) is -0.290. The lowest BCUT2D eigenvalue weighted by atomic mass is 10.1. The van der Waals surface area contributed by atoms with E-state index >= 15 is 0 Å². The molecule has 1 heterocycles. The van der Waals surface area contributed by atoms with Crippen LogP contribution in [0.25, 0.3) is 0 Å². The van der Waals surface area contributed by atoms with E-state index in [1.807, 2.05) is 30.3 Å². The minimum absolute atomic E-state index is 0.0167. The normalized spacial score (nSPS) is 22.2. The molecule has 0 aromatic heterocycles. The molecule has 21 heavy (non-hydrogen) atoms. The van der Waals surface area contributed by atoms with Crippen molar-refractivity contribution in [2.24, 2.45) is 0 Å². The number of carbonyl (C=O) groups excluding carboxylic acids is 2. The maximum Gasteiger partial charge on any atom is 0.320 e. The Morgan fingerprint density at radius 3 is 2.71 bits per heavy atom. The van der Waals surface area contributed by atoms with Crippen molar-refractivity contribution >= 4 is 23.4 Å². The van der Waals surface area contributed by atoms with Gasteiger partial charge >= 0.3 is 5.97 Å². The zero-order chi connectivity index (χ0) is 15.2. The first-order valence-electron chi connectivity index (χ1n) is 6.80. The first-order valence-corrected chi connectivity index (χ1v) is 7.34. The maximum absolute atomic E-state index is 11.8. The van der Waals surface area contributed by atoms with Gasteiger partial charge in [0, 0.05) is 6.54 Å². The van der Waals surface area contributed by atoms with Gasteiger partial charge in [0.2, 0.25) is 0 Å². The van der Waals surface area contributed by atoms with Crippen LogP contribution in [0.3, 0.4) is 0 Å². The van der Waals surface area contributed by atoms with Crippen LogP contribution in [-0.4, -0.2) is 52.9 Å². The van der Waals surface area contributed by atoms with Crippen molar-refractivity contribution in [3.8, 4) is 0 Å². The van der Waals surface area contributed by atoms with E-state index in [1.165, 1.54) is 0 Å². The fourth-order valence-electron chi connectivity index (χ4n) is 2.43. The number of likely N-dealkylation sites (tertiary alicyclic amines) is 1. The Bertz CT molecular complexity index is 494. The minimum atomic E-state index is -0.607. The molecule has 1 fully saturated rings. The lowest BCUT2D eigenvalue weighted by molar-refractivity contribution is -0.146. The lowest BCUT2D eigenvalue weighted by Gasteiger charge is -2.21. The number of aliphatic hydroxyl groups excluding tert-OH is 1. The third-order valence-corrected chi connectivity index (χ3v) is 3.72. The number of Topliss-reactive ketones (excluding diaryl/α,β-unsaturated/α-hetero) is 1. The molecule has 0 spiro atoms. The van der Waals surface area contributed by atoms with Gasteiger partial charge in [-0.15, -0.1) is 11.6 Å². The van der Waals surface area contributed by atoms with Gasteiger partial charge in [0.1, 0.15) is 6.61 Å². The van der Waals surface area contributed by atoms with Crippen LogP contribution in [0.2, 0.25) is 0 Å². The molecule has 0 aliphatic carbocycles. The molecule has 2 rings (SSSR count). The van der Waals surface area contributed by atoms with E-state index in [0.29, 0.717) is 6.42 Å². The van der Waals surface area contributed by atoms with E-state index in [0.717, 1.165) is 5.56 Å². The molecule has 5 nitrogen and oxygen atoms in total. The van der Waals surface area contributed by atoms with Gasteiger partial charge in [0.25, 0.3) is 0 Å². The summed E-state index contributed by atoms with van der Waals surface area (Å²) in [5.41, 5.74) is 0.903. The van der Waals surface area contributed by atoms with Gasteiger partial charge in [-0.1, -0.05) is 30.3 Å². The van der Waals surface area contributed by atoms with Gasteiger partial charge in [-0.2, -0.15) is 0 Å². The summed E-state index contributed by atoms with van der Waals surface area (Å²) in [5, 5.41) is 9.65. The van der Waals surface area contributed by atoms with Crippen LogP contribution in [0.4, 0.5) is 0 Å². The van der Waals surface area contributed by atoms with Crippen LogP contribution in [0.15, 0.2) is 30.3 Å². The fourth-order valence-corrected chi connectivity index (χ4v) is 2.61. The summed E-state index contributed by atoms with van der Waals surface area (Å²) in [4.78, 5) is 25.2. The number of carbonyl (C=O) groups is 2. The van der Waals surface area contributed by atoms with E-state index in [4.69, 9.17) is 16.3 Å². The largest absolute Gasteiger partial charge is 0.460 e. The highest BCUT2D eigenvalue weighted by Crippen LogP contribution is 2.19. The lowest BCUT2D eigenvalue weighted by Crippen LogP contribution is -2.40. The van der Waals surface area contributed by atoms with Crippen molar-refractivity contribution in [1.82, 2.24) is 4.90 Å². The van der Waals surface area contributed by atoms with Crippen molar-refractivity contribution in [3.05, 3.63) is 35.9 Å². The number of nitrogens with zero attached hydrogens (tertiary/aromatic N) is 1. The Labute approximate surface area is 128 Å². The second kappa shape index (κ2) is 7.54. The third kappa shape index (κ3) is 4.52. The van der Waals surface area contributed by atoms with E-state index in [9.17, 15) is 14.7 Å². The molecule has 1 aliphatic rings. The molecule has 114 valence electrons. The summed E-state index contributed by atoms with van der Waals surface area (Å²) in [7, 11) is 0. The first kappa shape index (κ1) is 15.9. The molecule has 1 aromatic rings. The van der Waals surface area contributed by atoms with E-state index in [1.54, 1.807) is 4.90 Å². The molecular formula is C15H18ClNO4. The third-order valence-electron chi connectivity index (χ3n) is 3.46. The van der Waals surface area contributed by atoms with Crippen molar-refractivity contribution < 1.29 is 19.4 Å². The molecule has 1 saturated heterocycles. The molecular weight excluding hydrogens is 294 g/mol. The van der Waals surface area contributed by atoms with Gasteiger partial charge in [0.05, 0.1) is 24.6 Å². The molecule has 6 heteroatoms. The van der Waals surface area contributed by atoms with Crippen molar-refractivity contribution in [3.63, 3.8) is 0 Å². The zero-order valence-corrected chi connectivity index (χ0v) is 12.3. The van der Waals surface area contributed by atoms with Gasteiger partial charge < -0.3 is 9.84 Å². The molecule has 0 radical (unpaired) electrons. The number of aliphatic hydroxyl groups is 1. The maximum atomic E-state index is 11.8. The summed E-state index contributed by atoms with van der Waals surface area (Å²) in [5.74, 6) is -0.711. The van der Waals surface area contributed by atoms with Crippen molar-refractivity contribution in [2.45, 2.75) is 25.2 Å². The highest BCUT2D eigenvalue weighted by atomic mass is 35.5. The number of alkyl halides is 1. The smallest absolute Gasteiger partial charge is 0.320 e. The quantitative estimate of drug-likeness (QED) is 0.626. The monoisotopic (exact) mass is 311 g/mol. The fraction of sp³-hybridized carbons (Fsp3) is 0.467. The molecule has 2 atom stereocenters. The average Bonchev–Trinajstić information content (AvgIpc) is 2.86. The van der Waals surface area contributed by atoms with Crippen molar-refractivity contribution in [2.75, 3.05) is 19.0 Å². The second-order valence-electron chi connectivity index (χ2n) is 5.08. The summed E-state index contributed by atoms with van der Waals surface area (Å²) >= 11 is 5.55. The van der Waals surface area contributed by atoms with Gasteiger partial charge in [0.15, 0.2) is 5.78 Å². The highest BCUT2D eigenvalue weighted by Gasteiger charge is 2.36. The van der Waals surface area contributed by atoms with Gasteiger partial charge in [-0.25, -0.2) is 0 Å². The number of esters is 1. The number of ether oxygens (including phenoxy) is 1. The molecule has 1 N–H and O–H groups in total. The summed E-state index contributed by atoms with van der Waals surface area (Å²) in [6.45, 7) is 0.467. The Kier molecular flexibility index (Phi) is 5.73.